The van der Waals surface area contributed by atoms with Crippen LogP contribution in [-0.4, -0.2) is 37.2 Å². The Morgan fingerprint density at radius 2 is 0.710 bits per heavy atom. The molecule has 1 atom stereocenters. The monoisotopic (exact) mass is 865 g/mol. The van der Waals surface area contributed by atoms with E-state index in [9.17, 15) is 14.4 Å². The third-order valence-electron chi connectivity index (χ3n) is 11.0. The number of unbranched alkanes of at least 4 members (excludes halogenated alkanes) is 25. The number of carbonyl (C=O) groups excluding carboxylic acids is 3. The average molecular weight is 865 g/mol. The van der Waals surface area contributed by atoms with Crippen molar-refractivity contribution in [1.82, 2.24) is 0 Å². The van der Waals surface area contributed by atoms with Crippen molar-refractivity contribution in [2.45, 2.75) is 252 Å². The lowest BCUT2D eigenvalue weighted by molar-refractivity contribution is -0.167. The van der Waals surface area contributed by atoms with E-state index < -0.39 is 6.10 Å². The highest BCUT2D eigenvalue weighted by atomic mass is 16.6. The van der Waals surface area contributed by atoms with Gasteiger partial charge in [-0.2, -0.15) is 0 Å². The Balaban J connectivity index is 4.34. The van der Waals surface area contributed by atoms with Crippen molar-refractivity contribution in [3.63, 3.8) is 0 Å². The van der Waals surface area contributed by atoms with Gasteiger partial charge >= 0.3 is 17.9 Å². The second-order valence-corrected chi connectivity index (χ2v) is 17.1. The second-order valence-electron chi connectivity index (χ2n) is 17.1. The van der Waals surface area contributed by atoms with Crippen LogP contribution in [-0.2, 0) is 28.6 Å². The molecule has 0 aromatic carbocycles. The van der Waals surface area contributed by atoms with Crippen LogP contribution in [0.3, 0.4) is 0 Å². The van der Waals surface area contributed by atoms with Gasteiger partial charge in [-0.15, -0.1) is 0 Å². The van der Waals surface area contributed by atoms with Gasteiger partial charge in [-0.05, 0) is 70.6 Å². The molecule has 1 unspecified atom stereocenters. The molecule has 0 aliphatic heterocycles. The lowest BCUT2D eigenvalue weighted by atomic mass is 10.1. The van der Waals surface area contributed by atoms with Gasteiger partial charge in [-0.25, -0.2) is 0 Å². The molecule has 6 heteroatoms. The molecule has 0 spiro atoms. The van der Waals surface area contributed by atoms with E-state index in [2.05, 4.69) is 93.7 Å². The topological polar surface area (TPSA) is 78.9 Å². The maximum absolute atomic E-state index is 12.8. The summed E-state index contributed by atoms with van der Waals surface area (Å²) in [6.07, 6.45) is 63.1. The van der Waals surface area contributed by atoms with Crippen LogP contribution in [0.4, 0.5) is 0 Å². The van der Waals surface area contributed by atoms with Gasteiger partial charge in [0.2, 0.25) is 0 Å². The maximum Gasteiger partial charge on any atom is 0.306 e. The molecule has 0 N–H and O–H groups in total. The minimum Gasteiger partial charge on any atom is -0.462 e. The summed E-state index contributed by atoms with van der Waals surface area (Å²) in [5.74, 6) is -0.897. The lowest BCUT2D eigenvalue weighted by Crippen LogP contribution is -2.30. The summed E-state index contributed by atoms with van der Waals surface area (Å²) in [5.41, 5.74) is 0. The van der Waals surface area contributed by atoms with Crippen LogP contribution < -0.4 is 0 Å². The molecule has 356 valence electrons. The fourth-order valence-electron chi connectivity index (χ4n) is 7.16. The summed E-state index contributed by atoms with van der Waals surface area (Å²) in [7, 11) is 0. The first kappa shape index (κ1) is 58.9. The van der Waals surface area contributed by atoms with Crippen molar-refractivity contribution in [2.75, 3.05) is 13.2 Å². The van der Waals surface area contributed by atoms with Gasteiger partial charge in [0.1, 0.15) is 13.2 Å². The Morgan fingerprint density at radius 3 is 1.16 bits per heavy atom. The highest BCUT2D eigenvalue weighted by Crippen LogP contribution is 2.15. The molecule has 0 radical (unpaired) electrons. The Kier molecular flexibility index (Phi) is 47.9. The van der Waals surface area contributed by atoms with Crippen molar-refractivity contribution in [3.05, 3.63) is 72.9 Å². The molecule has 0 rings (SSSR count). The van der Waals surface area contributed by atoms with E-state index in [-0.39, 0.29) is 31.1 Å². The van der Waals surface area contributed by atoms with Crippen LogP contribution in [0.1, 0.15) is 245 Å². The summed E-state index contributed by atoms with van der Waals surface area (Å²) < 4.78 is 16.8. The molecular weight excluding hydrogens is 769 g/mol. The van der Waals surface area contributed by atoms with E-state index in [0.717, 1.165) is 89.9 Å². The highest BCUT2D eigenvalue weighted by molar-refractivity contribution is 5.71. The van der Waals surface area contributed by atoms with Crippen molar-refractivity contribution in [2.24, 2.45) is 0 Å². The van der Waals surface area contributed by atoms with Crippen molar-refractivity contribution >= 4 is 17.9 Å². The van der Waals surface area contributed by atoms with E-state index >= 15 is 0 Å². The quantitative estimate of drug-likeness (QED) is 0.0199. The van der Waals surface area contributed by atoms with Gasteiger partial charge in [-0.1, -0.05) is 229 Å². The first-order valence-corrected chi connectivity index (χ1v) is 26.0. The van der Waals surface area contributed by atoms with Gasteiger partial charge in [0.15, 0.2) is 6.10 Å². The van der Waals surface area contributed by atoms with Crippen LogP contribution in [0, 0.1) is 0 Å². The largest absolute Gasteiger partial charge is 0.462 e. The Bertz CT molecular complexity index is 1180. The zero-order chi connectivity index (χ0) is 45.1. The smallest absolute Gasteiger partial charge is 0.306 e. The summed E-state index contributed by atoms with van der Waals surface area (Å²) in [6, 6.07) is 0. The van der Waals surface area contributed by atoms with Crippen LogP contribution in [0.5, 0.6) is 0 Å². The van der Waals surface area contributed by atoms with Gasteiger partial charge < -0.3 is 14.2 Å². The normalized spacial score (nSPS) is 12.6. The standard InChI is InChI=1S/C56H96O6/c1-4-7-10-13-16-19-22-24-26-27-28-29-31-32-34-37-40-43-46-49-55(58)61-52-53(51-60-54(57)48-45-42-39-36-21-18-15-12-9-6-3)62-56(59)50-47-44-41-38-35-33-30-25-23-20-17-14-11-8-5-2/h7-8,10-11,14,16-17,19-20,23-24,26,53H,4-6,9,12-13,15,18,21-22,25,27-52H2,1-3H3/b10-7-,11-8-,17-14-,19-16-,23-20-,26-24-. The van der Waals surface area contributed by atoms with Crippen LogP contribution in [0.15, 0.2) is 72.9 Å². The number of rotatable bonds is 46. The van der Waals surface area contributed by atoms with Gasteiger partial charge in [-0.3, -0.25) is 14.4 Å². The Morgan fingerprint density at radius 1 is 0.355 bits per heavy atom. The number of ether oxygens (including phenoxy) is 3. The molecule has 6 nitrogen and oxygen atoms in total. The molecular formula is C56H96O6. The molecule has 0 aliphatic rings. The molecule has 0 aromatic heterocycles. The maximum atomic E-state index is 12.8. The number of hydrogen-bond acceptors (Lipinski definition) is 6. The average Bonchev–Trinajstić information content (AvgIpc) is 3.27. The summed E-state index contributed by atoms with van der Waals surface area (Å²) in [5, 5.41) is 0. The molecule has 0 aromatic rings. The fourth-order valence-corrected chi connectivity index (χ4v) is 7.16. The zero-order valence-corrected chi connectivity index (χ0v) is 40.6. The Labute approximate surface area is 382 Å². The van der Waals surface area contributed by atoms with E-state index in [1.807, 2.05) is 0 Å². The fraction of sp³-hybridized carbons (Fsp3) is 0.732. The SMILES string of the molecule is CC\C=C/C=C\C=C/CCCCCCCCCC(=O)OC(COC(=O)CCCCCCCCCCCC)COC(=O)CCCCCCCCCCC/C=C\C/C=C\C/C=C\CC. The van der Waals surface area contributed by atoms with E-state index in [1.165, 1.54) is 116 Å². The number of esters is 3. The molecule has 0 saturated heterocycles. The lowest BCUT2D eigenvalue weighted by Gasteiger charge is -2.18. The van der Waals surface area contributed by atoms with Crippen LogP contribution in [0.25, 0.3) is 0 Å². The molecule has 0 bridgehead atoms. The number of carbonyl (C=O) groups is 3. The molecule has 62 heavy (non-hydrogen) atoms. The third kappa shape index (κ3) is 47.9. The van der Waals surface area contributed by atoms with Crippen molar-refractivity contribution < 1.29 is 28.6 Å². The predicted molar refractivity (Wildman–Crippen MR) is 265 cm³/mol. The molecule has 0 fully saturated rings. The van der Waals surface area contributed by atoms with Crippen molar-refractivity contribution in [1.29, 1.82) is 0 Å². The first-order valence-electron chi connectivity index (χ1n) is 26.0. The first-order chi connectivity index (χ1) is 30.5. The summed E-state index contributed by atoms with van der Waals surface area (Å²) in [4.78, 5) is 37.9. The Hall–Kier alpha value is -3.15. The van der Waals surface area contributed by atoms with Gasteiger partial charge in [0, 0.05) is 19.3 Å². The van der Waals surface area contributed by atoms with E-state index in [1.54, 1.807) is 0 Å². The van der Waals surface area contributed by atoms with Crippen LogP contribution in [0.2, 0.25) is 0 Å². The zero-order valence-electron chi connectivity index (χ0n) is 40.6. The van der Waals surface area contributed by atoms with Crippen molar-refractivity contribution in [3.8, 4) is 0 Å². The van der Waals surface area contributed by atoms with Crippen LogP contribution >= 0.6 is 0 Å². The molecule has 0 amide bonds. The highest BCUT2D eigenvalue weighted by Gasteiger charge is 2.19. The predicted octanol–water partition coefficient (Wildman–Crippen LogP) is 17.0. The number of allylic oxidation sites excluding steroid dienone is 12. The van der Waals surface area contributed by atoms with Gasteiger partial charge in [0.05, 0.1) is 0 Å². The molecule has 0 heterocycles. The molecule has 0 aliphatic carbocycles. The van der Waals surface area contributed by atoms with Gasteiger partial charge in [0.25, 0.3) is 0 Å². The second kappa shape index (κ2) is 50.5. The van der Waals surface area contributed by atoms with E-state index in [4.69, 9.17) is 14.2 Å². The molecule has 0 saturated carbocycles. The minimum absolute atomic E-state index is 0.0806. The summed E-state index contributed by atoms with van der Waals surface area (Å²) >= 11 is 0. The minimum atomic E-state index is -0.781. The van der Waals surface area contributed by atoms with E-state index in [0.29, 0.717) is 19.3 Å². The third-order valence-corrected chi connectivity index (χ3v) is 11.0. The summed E-state index contributed by atoms with van der Waals surface area (Å²) in [6.45, 7) is 6.38. The number of hydrogen-bond donors (Lipinski definition) is 0.